The summed E-state index contributed by atoms with van der Waals surface area (Å²) in [7, 11) is 0.376. The van der Waals surface area contributed by atoms with E-state index in [1.165, 1.54) is 6.92 Å². The minimum Gasteiger partial charge on any atom is -0.466 e. The van der Waals surface area contributed by atoms with Crippen molar-refractivity contribution < 1.29 is 22.7 Å². The zero-order chi connectivity index (χ0) is 10.9. The van der Waals surface area contributed by atoms with Crippen molar-refractivity contribution in [3.63, 3.8) is 0 Å². The maximum Gasteiger partial charge on any atom is 0.350 e. The normalized spacial score (nSPS) is 8.85. The van der Waals surface area contributed by atoms with E-state index in [-0.39, 0.29) is 5.97 Å². The van der Waals surface area contributed by atoms with Gasteiger partial charge in [-0.3, -0.25) is 4.79 Å². The van der Waals surface area contributed by atoms with Crippen molar-refractivity contribution in [2.75, 3.05) is 6.61 Å². The molecular formula is C5H8ClNO5S. The first-order chi connectivity index (χ1) is 5.83. The van der Waals surface area contributed by atoms with Crippen LogP contribution in [0.2, 0.25) is 0 Å². The lowest BCUT2D eigenvalue weighted by Crippen LogP contribution is -1.95. The molecule has 0 aromatic heterocycles. The molecular weight excluding hydrogens is 222 g/mol. The topological polar surface area (TPSA) is 89.9 Å². The van der Waals surface area contributed by atoms with Crippen LogP contribution in [0.4, 0.5) is 0 Å². The van der Waals surface area contributed by atoms with E-state index in [0.29, 0.717) is 6.61 Å². The Labute approximate surface area is 80.1 Å². The van der Waals surface area contributed by atoms with Gasteiger partial charge in [-0.05, 0) is 6.92 Å². The monoisotopic (exact) mass is 229 g/mol. The maximum absolute atomic E-state index is 9.82. The van der Waals surface area contributed by atoms with Crippen LogP contribution in [0.3, 0.4) is 0 Å². The van der Waals surface area contributed by atoms with Gasteiger partial charge in [0.1, 0.15) is 0 Å². The molecule has 0 unspecified atom stereocenters. The van der Waals surface area contributed by atoms with Crippen LogP contribution in [0.1, 0.15) is 13.8 Å². The Morgan fingerprint density at radius 3 is 2.08 bits per heavy atom. The summed E-state index contributed by atoms with van der Waals surface area (Å²) in [6, 6.07) is 0. The zero-order valence-electron chi connectivity index (χ0n) is 6.98. The number of halogens is 1. The second kappa shape index (κ2) is 7.72. The van der Waals surface area contributed by atoms with Gasteiger partial charge in [-0.15, -0.1) is 0 Å². The first kappa shape index (κ1) is 14.6. The Hall–Kier alpha value is -0.910. The fourth-order valence-electron chi connectivity index (χ4n) is 0.248. The van der Waals surface area contributed by atoms with Crippen molar-refractivity contribution in [1.29, 1.82) is 0 Å². The molecule has 0 aliphatic rings. The second-order valence-corrected chi connectivity index (χ2v) is 3.70. The molecule has 0 fully saturated rings. The highest BCUT2D eigenvalue weighted by Crippen LogP contribution is 1.93. The molecule has 8 heteroatoms. The molecule has 0 aliphatic heterocycles. The van der Waals surface area contributed by atoms with Crippen LogP contribution < -0.4 is 0 Å². The number of ether oxygens (including phenoxy) is 1. The quantitative estimate of drug-likeness (QED) is 0.295. The van der Waals surface area contributed by atoms with E-state index < -0.39 is 9.24 Å². The largest absolute Gasteiger partial charge is 0.466 e. The molecule has 6 nitrogen and oxygen atoms in total. The summed E-state index contributed by atoms with van der Waals surface area (Å²) in [5, 5.41) is 0. The van der Waals surface area contributed by atoms with E-state index in [2.05, 4.69) is 19.8 Å². The van der Waals surface area contributed by atoms with Crippen LogP contribution in [-0.2, 0) is 23.6 Å². The van der Waals surface area contributed by atoms with Crippen LogP contribution in [0.5, 0.6) is 0 Å². The first-order valence-electron chi connectivity index (χ1n) is 3.00. The predicted molar refractivity (Wildman–Crippen MR) is 45.2 cm³/mol. The Kier molecular flexibility index (Phi) is 8.68. The molecule has 0 heterocycles. The predicted octanol–water partition coefficient (Wildman–Crippen LogP) is 0.375. The molecule has 0 aromatic rings. The van der Waals surface area contributed by atoms with Gasteiger partial charge in [0.25, 0.3) is 6.08 Å². The lowest BCUT2D eigenvalue weighted by Gasteiger charge is -1.89. The molecule has 0 atom stereocenters. The van der Waals surface area contributed by atoms with Crippen LogP contribution in [0, 0.1) is 0 Å². The smallest absolute Gasteiger partial charge is 0.350 e. The highest BCUT2D eigenvalue weighted by molar-refractivity contribution is 8.12. The molecule has 0 amide bonds. The number of hydrogen-bond donors (Lipinski definition) is 0. The number of carbonyl (C=O) groups excluding carboxylic acids is 2. The van der Waals surface area contributed by atoms with Gasteiger partial charge in [-0.25, -0.2) is 4.79 Å². The number of esters is 1. The molecule has 0 aliphatic carbocycles. The number of nitrogens with zero attached hydrogens (tertiary/aromatic N) is 1. The van der Waals surface area contributed by atoms with Gasteiger partial charge in [0.2, 0.25) is 0 Å². The number of isocyanates is 1. The van der Waals surface area contributed by atoms with E-state index in [1.54, 1.807) is 6.92 Å². The highest BCUT2D eigenvalue weighted by atomic mass is 35.7. The van der Waals surface area contributed by atoms with Crippen molar-refractivity contribution >= 4 is 32.0 Å². The Bertz CT molecular complexity index is 292. The molecule has 76 valence electrons. The number of carbonyl (C=O) groups is 1. The van der Waals surface area contributed by atoms with E-state index in [9.17, 15) is 13.2 Å². The molecule has 0 bridgehead atoms. The summed E-state index contributed by atoms with van der Waals surface area (Å²) in [5.41, 5.74) is 0. The van der Waals surface area contributed by atoms with Crippen LogP contribution in [-0.4, -0.2) is 27.1 Å². The summed E-state index contributed by atoms with van der Waals surface area (Å²) in [5.74, 6) is -0.211. The average molecular weight is 230 g/mol. The van der Waals surface area contributed by atoms with E-state index >= 15 is 0 Å². The maximum atomic E-state index is 9.82. The fraction of sp³-hybridized carbons (Fsp3) is 0.600. The van der Waals surface area contributed by atoms with Gasteiger partial charge in [-0.2, -0.15) is 8.42 Å². The number of hydrogen-bond acceptors (Lipinski definition) is 5. The van der Waals surface area contributed by atoms with Gasteiger partial charge >= 0.3 is 15.2 Å². The SMILES string of the molecule is CCOC(C)=O.O=C=NS(=O)(=O)Cl. The van der Waals surface area contributed by atoms with Crippen molar-refractivity contribution in [3.8, 4) is 0 Å². The summed E-state index contributed by atoms with van der Waals surface area (Å²) in [6.45, 7) is 3.65. The summed E-state index contributed by atoms with van der Waals surface area (Å²) < 4.78 is 25.7. The highest BCUT2D eigenvalue weighted by Gasteiger charge is 1.95. The third kappa shape index (κ3) is 24.7. The standard InChI is InChI=1S/C4H8O2.CClNO3S/c1-3-6-4(2)5;2-7(5,6)3-1-4/h3H2,1-2H3;. The Morgan fingerprint density at radius 1 is 1.62 bits per heavy atom. The van der Waals surface area contributed by atoms with Crippen molar-refractivity contribution in [3.05, 3.63) is 0 Å². The van der Waals surface area contributed by atoms with Crippen LogP contribution >= 0.6 is 10.7 Å². The van der Waals surface area contributed by atoms with Gasteiger partial charge in [0.05, 0.1) is 6.61 Å². The molecule has 0 aromatic carbocycles. The fourth-order valence-corrected chi connectivity index (χ4v) is 0.421. The molecule has 0 saturated carbocycles. The van der Waals surface area contributed by atoms with Gasteiger partial charge in [-0.1, -0.05) is 4.40 Å². The molecule has 13 heavy (non-hydrogen) atoms. The third-order valence-corrected chi connectivity index (χ3v) is 0.994. The number of rotatable bonds is 2. The lowest BCUT2D eigenvalue weighted by molar-refractivity contribution is -0.140. The van der Waals surface area contributed by atoms with Gasteiger partial charge in [0.15, 0.2) is 0 Å². The van der Waals surface area contributed by atoms with Crippen molar-refractivity contribution in [1.82, 2.24) is 0 Å². The van der Waals surface area contributed by atoms with E-state index in [4.69, 9.17) is 4.79 Å². The van der Waals surface area contributed by atoms with Crippen molar-refractivity contribution in [2.24, 2.45) is 4.40 Å². The van der Waals surface area contributed by atoms with E-state index in [0.717, 1.165) is 6.08 Å². The summed E-state index contributed by atoms with van der Waals surface area (Å²) in [6.07, 6.45) is 0.763. The van der Waals surface area contributed by atoms with Crippen LogP contribution in [0.25, 0.3) is 0 Å². The zero-order valence-corrected chi connectivity index (χ0v) is 8.55. The molecule has 0 saturated heterocycles. The minimum atomic E-state index is -4.00. The third-order valence-electron chi connectivity index (χ3n) is 0.494. The van der Waals surface area contributed by atoms with Gasteiger partial charge in [0, 0.05) is 17.6 Å². The Balaban J connectivity index is 0. The molecule has 0 spiro atoms. The molecule has 0 rings (SSSR count). The lowest BCUT2D eigenvalue weighted by atomic mass is 10.8. The summed E-state index contributed by atoms with van der Waals surface area (Å²) >= 11 is 0. The first-order valence-corrected chi connectivity index (χ1v) is 5.27. The molecule has 0 N–H and O–H groups in total. The van der Waals surface area contributed by atoms with E-state index in [1.807, 2.05) is 0 Å². The average Bonchev–Trinajstić information content (AvgIpc) is 1.84. The van der Waals surface area contributed by atoms with Gasteiger partial charge < -0.3 is 4.74 Å². The van der Waals surface area contributed by atoms with Crippen molar-refractivity contribution in [2.45, 2.75) is 13.8 Å². The minimum absolute atomic E-state index is 0.211. The van der Waals surface area contributed by atoms with Crippen LogP contribution in [0.15, 0.2) is 4.40 Å². The molecule has 0 radical (unpaired) electrons. The second-order valence-electron chi connectivity index (χ2n) is 1.52. The Morgan fingerprint density at radius 2 is 2.08 bits per heavy atom. The summed E-state index contributed by atoms with van der Waals surface area (Å²) in [4.78, 5) is 18.9.